The minimum atomic E-state index is -0.518. The topological polar surface area (TPSA) is 29.3 Å². The minimum absolute atomic E-state index is 0.0444. The van der Waals surface area contributed by atoms with E-state index in [1.807, 2.05) is 24.3 Å². The zero-order valence-electron chi connectivity index (χ0n) is 11.8. The van der Waals surface area contributed by atoms with Gasteiger partial charge in [0.1, 0.15) is 17.3 Å². The molecule has 1 heterocycles. The highest BCUT2D eigenvalue weighted by atomic mass is 19.1. The SMILES string of the molecule is NCCc1cc(F)c(N2CCCc3ccccc32)c(F)c1. The molecular formula is C17H18F2N2. The van der Waals surface area contributed by atoms with Crippen LogP contribution in [0.5, 0.6) is 0 Å². The quantitative estimate of drug-likeness (QED) is 0.936. The summed E-state index contributed by atoms with van der Waals surface area (Å²) in [6.45, 7) is 1.01. The van der Waals surface area contributed by atoms with Crippen LogP contribution in [0.4, 0.5) is 20.2 Å². The number of aryl methyl sites for hydroxylation is 1. The summed E-state index contributed by atoms with van der Waals surface area (Å²) in [5, 5.41) is 0. The molecule has 0 fully saturated rings. The first kappa shape index (κ1) is 14.0. The molecule has 0 bridgehead atoms. The fraction of sp³-hybridized carbons (Fsp3) is 0.294. The molecule has 4 heteroatoms. The lowest BCUT2D eigenvalue weighted by Gasteiger charge is -2.32. The van der Waals surface area contributed by atoms with Gasteiger partial charge in [-0.25, -0.2) is 8.78 Å². The van der Waals surface area contributed by atoms with Crippen LogP contribution in [0.1, 0.15) is 17.5 Å². The van der Waals surface area contributed by atoms with E-state index in [0.717, 1.165) is 24.1 Å². The van der Waals surface area contributed by atoms with Gasteiger partial charge in [0.15, 0.2) is 0 Å². The molecule has 21 heavy (non-hydrogen) atoms. The van der Waals surface area contributed by atoms with Crippen molar-refractivity contribution in [3.05, 3.63) is 59.2 Å². The van der Waals surface area contributed by atoms with Crippen LogP contribution in [0.2, 0.25) is 0 Å². The van der Waals surface area contributed by atoms with Crippen LogP contribution >= 0.6 is 0 Å². The first-order valence-electron chi connectivity index (χ1n) is 7.24. The number of fused-ring (bicyclic) bond motifs is 1. The molecule has 2 aromatic carbocycles. The smallest absolute Gasteiger partial charge is 0.150 e. The van der Waals surface area contributed by atoms with Gasteiger partial charge in [-0.15, -0.1) is 0 Å². The monoisotopic (exact) mass is 288 g/mol. The minimum Gasteiger partial charge on any atom is -0.336 e. The summed E-state index contributed by atoms with van der Waals surface area (Å²) in [6, 6.07) is 10.6. The highest BCUT2D eigenvalue weighted by molar-refractivity contribution is 5.69. The van der Waals surface area contributed by atoms with E-state index in [4.69, 9.17) is 5.73 Å². The van der Waals surface area contributed by atoms with Crippen molar-refractivity contribution in [1.29, 1.82) is 0 Å². The molecule has 0 radical (unpaired) electrons. The Morgan fingerprint density at radius 2 is 1.81 bits per heavy atom. The highest BCUT2D eigenvalue weighted by Crippen LogP contribution is 2.36. The van der Waals surface area contributed by atoms with Crippen LogP contribution in [0.25, 0.3) is 0 Å². The Bertz CT molecular complexity index is 632. The van der Waals surface area contributed by atoms with Gasteiger partial charge in [-0.3, -0.25) is 0 Å². The molecule has 0 atom stereocenters. The summed E-state index contributed by atoms with van der Waals surface area (Å²) < 4.78 is 28.8. The first-order chi connectivity index (χ1) is 10.2. The summed E-state index contributed by atoms with van der Waals surface area (Å²) in [6.07, 6.45) is 2.31. The van der Waals surface area contributed by atoms with Gasteiger partial charge in [-0.2, -0.15) is 0 Å². The van der Waals surface area contributed by atoms with Crippen molar-refractivity contribution in [3.8, 4) is 0 Å². The third-order valence-electron chi connectivity index (χ3n) is 3.89. The number of benzene rings is 2. The Kier molecular flexibility index (Phi) is 3.88. The summed E-state index contributed by atoms with van der Waals surface area (Å²) in [5.41, 5.74) is 8.12. The Balaban J connectivity index is 2.06. The van der Waals surface area contributed by atoms with Gasteiger partial charge in [0.05, 0.1) is 0 Å². The van der Waals surface area contributed by atoms with Gasteiger partial charge >= 0.3 is 0 Å². The third kappa shape index (κ3) is 2.63. The molecule has 2 aromatic rings. The number of rotatable bonds is 3. The van der Waals surface area contributed by atoms with Crippen molar-refractivity contribution in [2.24, 2.45) is 5.73 Å². The molecule has 0 saturated carbocycles. The largest absolute Gasteiger partial charge is 0.336 e. The van der Waals surface area contributed by atoms with E-state index in [0.29, 0.717) is 25.1 Å². The number of para-hydroxylation sites is 1. The number of anilines is 2. The molecule has 0 amide bonds. The molecule has 0 spiro atoms. The average molecular weight is 288 g/mol. The van der Waals surface area contributed by atoms with E-state index in [1.165, 1.54) is 12.1 Å². The molecule has 3 rings (SSSR count). The maximum atomic E-state index is 14.4. The first-order valence-corrected chi connectivity index (χ1v) is 7.24. The Morgan fingerprint density at radius 3 is 2.52 bits per heavy atom. The molecule has 110 valence electrons. The Hall–Kier alpha value is -1.94. The van der Waals surface area contributed by atoms with E-state index < -0.39 is 11.6 Å². The van der Waals surface area contributed by atoms with E-state index in [-0.39, 0.29) is 5.69 Å². The lowest BCUT2D eigenvalue weighted by molar-refractivity contribution is 0.572. The predicted molar refractivity (Wildman–Crippen MR) is 80.9 cm³/mol. The van der Waals surface area contributed by atoms with E-state index in [9.17, 15) is 8.78 Å². The van der Waals surface area contributed by atoms with Crippen molar-refractivity contribution < 1.29 is 8.78 Å². The predicted octanol–water partition coefficient (Wildman–Crippen LogP) is 3.55. The van der Waals surface area contributed by atoms with Crippen LogP contribution in [0.15, 0.2) is 36.4 Å². The standard InChI is InChI=1S/C17H18F2N2/c18-14-10-12(7-8-20)11-15(19)17(14)21-9-3-5-13-4-1-2-6-16(13)21/h1-2,4,6,10-11H,3,5,7-9,20H2. The molecule has 2 N–H and O–H groups in total. The van der Waals surface area contributed by atoms with E-state index >= 15 is 0 Å². The van der Waals surface area contributed by atoms with Crippen LogP contribution in [0, 0.1) is 11.6 Å². The second-order valence-electron chi connectivity index (χ2n) is 5.33. The van der Waals surface area contributed by atoms with Crippen molar-refractivity contribution in [2.45, 2.75) is 19.3 Å². The third-order valence-corrected chi connectivity index (χ3v) is 3.89. The second-order valence-corrected chi connectivity index (χ2v) is 5.33. The lowest BCUT2D eigenvalue weighted by atomic mass is 10.0. The Labute approximate surface area is 123 Å². The highest BCUT2D eigenvalue weighted by Gasteiger charge is 2.23. The Morgan fingerprint density at radius 1 is 1.10 bits per heavy atom. The van der Waals surface area contributed by atoms with Gasteiger partial charge in [0, 0.05) is 12.2 Å². The van der Waals surface area contributed by atoms with Crippen molar-refractivity contribution >= 4 is 11.4 Å². The number of halogens is 2. The zero-order valence-corrected chi connectivity index (χ0v) is 11.8. The summed E-state index contributed by atoms with van der Waals surface area (Å²) in [7, 11) is 0. The summed E-state index contributed by atoms with van der Waals surface area (Å²) >= 11 is 0. The number of nitrogens with zero attached hydrogens (tertiary/aromatic N) is 1. The van der Waals surface area contributed by atoms with E-state index in [1.54, 1.807) is 4.90 Å². The van der Waals surface area contributed by atoms with Gasteiger partial charge < -0.3 is 10.6 Å². The van der Waals surface area contributed by atoms with Crippen LogP contribution < -0.4 is 10.6 Å². The van der Waals surface area contributed by atoms with Crippen molar-refractivity contribution in [1.82, 2.24) is 0 Å². The molecule has 0 unspecified atom stereocenters. The number of hydrogen-bond donors (Lipinski definition) is 1. The second kappa shape index (κ2) is 5.82. The van der Waals surface area contributed by atoms with Crippen molar-refractivity contribution in [2.75, 3.05) is 18.0 Å². The number of nitrogens with two attached hydrogens (primary N) is 1. The fourth-order valence-corrected chi connectivity index (χ4v) is 2.95. The molecule has 1 aliphatic heterocycles. The maximum Gasteiger partial charge on any atom is 0.150 e. The summed E-state index contributed by atoms with van der Waals surface area (Å²) in [5.74, 6) is -1.04. The fourth-order valence-electron chi connectivity index (χ4n) is 2.95. The number of hydrogen-bond acceptors (Lipinski definition) is 2. The van der Waals surface area contributed by atoms with Gasteiger partial charge in [0.2, 0.25) is 0 Å². The molecule has 0 aromatic heterocycles. The van der Waals surface area contributed by atoms with Crippen LogP contribution in [-0.4, -0.2) is 13.1 Å². The lowest BCUT2D eigenvalue weighted by Crippen LogP contribution is -2.26. The molecule has 0 saturated heterocycles. The molecule has 2 nitrogen and oxygen atoms in total. The molecule has 1 aliphatic rings. The van der Waals surface area contributed by atoms with Crippen molar-refractivity contribution in [3.63, 3.8) is 0 Å². The molecular weight excluding hydrogens is 270 g/mol. The van der Waals surface area contributed by atoms with Gasteiger partial charge in [-0.05, 0) is 55.1 Å². The average Bonchev–Trinajstić information content (AvgIpc) is 2.47. The van der Waals surface area contributed by atoms with Crippen LogP contribution in [-0.2, 0) is 12.8 Å². The van der Waals surface area contributed by atoms with Gasteiger partial charge in [0.25, 0.3) is 0 Å². The normalized spacial score (nSPS) is 14.1. The summed E-state index contributed by atoms with van der Waals surface area (Å²) in [4.78, 5) is 1.75. The molecule has 0 aliphatic carbocycles. The zero-order chi connectivity index (χ0) is 14.8. The van der Waals surface area contributed by atoms with Crippen LogP contribution in [0.3, 0.4) is 0 Å². The maximum absolute atomic E-state index is 14.4. The van der Waals surface area contributed by atoms with E-state index in [2.05, 4.69) is 0 Å². The van der Waals surface area contributed by atoms with Gasteiger partial charge in [-0.1, -0.05) is 18.2 Å².